The fraction of sp³-hybridized carbons (Fsp3) is 0.0455. The Morgan fingerprint density at radius 1 is 1.03 bits per heavy atom. The smallest absolute Gasteiger partial charge is 0.293 e. The van der Waals surface area contributed by atoms with Gasteiger partial charge in [0.05, 0.1) is 4.92 Å². The van der Waals surface area contributed by atoms with Crippen LogP contribution in [0, 0.1) is 10.1 Å². The predicted molar refractivity (Wildman–Crippen MR) is 116 cm³/mol. The Morgan fingerprint density at radius 3 is 2.47 bits per heavy atom. The first-order valence-electron chi connectivity index (χ1n) is 9.25. The lowest BCUT2D eigenvalue weighted by Crippen LogP contribution is -2.07. The summed E-state index contributed by atoms with van der Waals surface area (Å²) < 4.78 is 1.89. The van der Waals surface area contributed by atoms with Gasteiger partial charge in [0.2, 0.25) is 5.91 Å². The van der Waals surface area contributed by atoms with Crippen LogP contribution in [0.1, 0.15) is 6.92 Å². The zero-order valence-corrected chi connectivity index (χ0v) is 16.1. The van der Waals surface area contributed by atoms with E-state index in [1.807, 2.05) is 59.4 Å². The molecule has 0 bridgehead atoms. The standard InChI is InChI=1S/C22H19N5O3/c1-15(28)24-17-12-18(14-19(13-17)26-9-2-3-10-26)25-21-7-6-16(11-22(21)27(29)30)20-5-4-8-23-20/h2-14,23,25H,1H3,(H,24,28). The number of H-pyrrole nitrogens is 1. The molecule has 2 aromatic carbocycles. The molecule has 0 saturated carbocycles. The van der Waals surface area contributed by atoms with Gasteiger partial charge in [-0.25, -0.2) is 0 Å². The Morgan fingerprint density at radius 2 is 1.80 bits per heavy atom. The molecule has 4 rings (SSSR count). The number of hydrogen-bond acceptors (Lipinski definition) is 4. The summed E-state index contributed by atoms with van der Waals surface area (Å²) in [6, 6.07) is 17.9. The summed E-state index contributed by atoms with van der Waals surface area (Å²) in [5, 5.41) is 17.6. The number of hydrogen-bond donors (Lipinski definition) is 3. The summed E-state index contributed by atoms with van der Waals surface area (Å²) in [5.41, 5.74) is 3.83. The first-order valence-corrected chi connectivity index (χ1v) is 9.25. The maximum atomic E-state index is 11.7. The summed E-state index contributed by atoms with van der Waals surface area (Å²) in [4.78, 5) is 25.9. The van der Waals surface area contributed by atoms with E-state index in [0.29, 0.717) is 17.1 Å². The first-order chi connectivity index (χ1) is 14.5. The molecule has 4 aromatic rings. The van der Waals surface area contributed by atoms with Crippen LogP contribution in [0.3, 0.4) is 0 Å². The van der Waals surface area contributed by atoms with Gasteiger partial charge in [0.15, 0.2) is 0 Å². The van der Waals surface area contributed by atoms with Gasteiger partial charge >= 0.3 is 0 Å². The van der Waals surface area contributed by atoms with Crippen LogP contribution in [0.4, 0.5) is 22.7 Å². The van der Waals surface area contributed by atoms with Crippen LogP contribution >= 0.6 is 0 Å². The van der Waals surface area contributed by atoms with Gasteiger partial charge in [-0.2, -0.15) is 0 Å². The first kappa shape index (κ1) is 19.0. The molecule has 2 aromatic heterocycles. The van der Waals surface area contributed by atoms with E-state index < -0.39 is 4.92 Å². The zero-order valence-electron chi connectivity index (χ0n) is 16.1. The molecule has 0 aliphatic carbocycles. The number of anilines is 3. The quantitative estimate of drug-likeness (QED) is 0.309. The maximum absolute atomic E-state index is 11.7. The van der Waals surface area contributed by atoms with Crippen molar-refractivity contribution in [3.8, 4) is 16.9 Å². The molecule has 3 N–H and O–H groups in total. The third-order valence-corrected chi connectivity index (χ3v) is 4.52. The molecule has 0 aliphatic heterocycles. The highest BCUT2D eigenvalue weighted by Gasteiger charge is 2.16. The summed E-state index contributed by atoms with van der Waals surface area (Å²) in [7, 11) is 0. The van der Waals surface area contributed by atoms with Crippen LogP contribution in [0.5, 0.6) is 0 Å². The number of nitrogens with zero attached hydrogens (tertiary/aromatic N) is 2. The topological polar surface area (TPSA) is 105 Å². The molecule has 0 spiro atoms. The number of carbonyl (C=O) groups excluding carboxylic acids is 1. The van der Waals surface area contributed by atoms with Crippen molar-refractivity contribution in [2.45, 2.75) is 6.92 Å². The summed E-state index contributed by atoms with van der Waals surface area (Å²) in [5.74, 6) is -0.202. The van der Waals surface area contributed by atoms with Gasteiger partial charge in [-0.1, -0.05) is 6.07 Å². The monoisotopic (exact) mass is 401 g/mol. The van der Waals surface area contributed by atoms with E-state index in [9.17, 15) is 14.9 Å². The molecule has 8 nitrogen and oxygen atoms in total. The van der Waals surface area contributed by atoms with Crippen molar-refractivity contribution in [2.24, 2.45) is 0 Å². The average molecular weight is 401 g/mol. The molecular formula is C22H19N5O3. The maximum Gasteiger partial charge on any atom is 0.293 e. The Balaban J connectivity index is 1.73. The van der Waals surface area contributed by atoms with Gasteiger partial charge < -0.3 is 20.2 Å². The molecule has 150 valence electrons. The fourth-order valence-corrected chi connectivity index (χ4v) is 3.24. The van der Waals surface area contributed by atoms with Gasteiger partial charge in [0, 0.05) is 59.9 Å². The van der Waals surface area contributed by atoms with Crippen molar-refractivity contribution >= 4 is 28.7 Å². The van der Waals surface area contributed by atoms with E-state index in [1.54, 1.807) is 18.3 Å². The molecule has 0 atom stereocenters. The van der Waals surface area contributed by atoms with Crippen molar-refractivity contribution in [2.75, 3.05) is 10.6 Å². The number of aromatic amines is 1. The summed E-state index contributed by atoms with van der Waals surface area (Å²) in [6.07, 6.45) is 5.53. The van der Waals surface area contributed by atoms with E-state index in [4.69, 9.17) is 0 Å². The molecule has 0 fully saturated rings. The Hall–Kier alpha value is -4.33. The van der Waals surface area contributed by atoms with Gasteiger partial charge in [-0.15, -0.1) is 0 Å². The normalized spacial score (nSPS) is 10.6. The van der Waals surface area contributed by atoms with Crippen LogP contribution in [0.15, 0.2) is 79.3 Å². The zero-order chi connectivity index (χ0) is 21.1. The molecular weight excluding hydrogens is 382 g/mol. The van der Waals surface area contributed by atoms with E-state index in [-0.39, 0.29) is 11.6 Å². The van der Waals surface area contributed by atoms with Crippen LogP contribution in [0.25, 0.3) is 16.9 Å². The lowest BCUT2D eigenvalue weighted by Gasteiger charge is -2.13. The average Bonchev–Trinajstić information content (AvgIpc) is 3.42. The van der Waals surface area contributed by atoms with Gasteiger partial charge in [0.25, 0.3) is 5.69 Å². The van der Waals surface area contributed by atoms with E-state index >= 15 is 0 Å². The van der Waals surface area contributed by atoms with Crippen molar-refractivity contribution < 1.29 is 9.72 Å². The second kappa shape index (κ2) is 7.96. The minimum atomic E-state index is -0.417. The van der Waals surface area contributed by atoms with Crippen molar-refractivity contribution in [3.05, 3.63) is 89.4 Å². The Labute approximate surface area is 172 Å². The van der Waals surface area contributed by atoms with Crippen LogP contribution < -0.4 is 10.6 Å². The van der Waals surface area contributed by atoms with Gasteiger partial charge in [0.1, 0.15) is 5.69 Å². The summed E-state index contributed by atoms with van der Waals surface area (Å²) >= 11 is 0. The number of rotatable bonds is 6. The largest absolute Gasteiger partial charge is 0.361 e. The lowest BCUT2D eigenvalue weighted by molar-refractivity contribution is -0.383. The third kappa shape index (κ3) is 4.07. The number of benzene rings is 2. The molecule has 0 aliphatic rings. The van der Waals surface area contributed by atoms with Crippen LogP contribution in [-0.4, -0.2) is 20.4 Å². The van der Waals surface area contributed by atoms with Crippen molar-refractivity contribution in [1.29, 1.82) is 0 Å². The molecule has 1 amide bonds. The molecule has 30 heavy (non-hydrogen) atoms. The van der Waals surface area contributed by atoms with E-state index in [0.717, 1.165) is 16.9 Å². The number of carbonyl (C=O) groups is 1. The summed E-state index contributed by atoms with van der Waals surface area (Å²) in [6.45, 7) is 1.43. The van der Waals surface area contributed by atoms with Crippen LogP contribution in [0.2, 0.25) is 0 Å². The lowest BCUT2D eigenvalue weighted by atomic mass is 10.1. The van der Waals surface area contributed by atoms with Gasteiger partial charge in [-0.3, -0.25) is 14.9 Å². The number of nitro groups is 1. The third-order valence-electron chi connectivity index (χ3n) is 4.52. The second-order valence-corrected chi connectivity index (χ2v) is 6.74. The molecule has 0 radical (unpaired) electrons. The highest BCUT2D eigenvalue weighted by molar-refractivity contribution is 5.90. The van der Waals surface area contributed by atoms with E-state index in [1.165, 1.54) is 13.0 Å². The number of amides is 1. The Bertz CT molecular complexity index is 1200. The SMILES string of the molecule is CC(=O)Nc1cc(Nc2ccc(-c3ccc[nH]3)cc2[N+](=O)[O-])cc(-n2cccc2)c1. The molecule has 2 heterocycles. The van der Waals surface area contributed by atoms with Crippen LogP contribution in [-0.2, 0) is 4.79 Å². The number of aromatic nitrogens is 2. The predicted octanol–water partition coefficient (Wildman–Crippen LogP) is 5.08. The number of nitro benzene ring substituents is 1. The minimum absolute atomic E-state index is 0.0467. The highest BCUT2D eigenvalue weighted by atomic mass is 16.6. The molecule has 0 saturated heterocycles. The van der Waals surface area contributed by atoms with Crippen molar-refractivity contribution in [1.82, 2.24) is 9.55 Å². The highest BCUT2D eigenvalue weighted by Crippen LogP contribution is 2.33. The number of nitrogens with one attached hydrogen (secondary N) is 3. The van der Waals surface area contributed by atoms with Gasteiger partial charge in [-0.05, 0) is 48.5 Å². The minimum Gasteiger partial charge on any atom is -0.361 e. The van der Waals surface area contributed by atoms with E-state index in [2.05, 4.69) is 15.6 Å². The molecule has 0 unspecified atom stereocenters. The van der Waals surface area contributed by atoms with Crippen molar-refractivity contribution in [3.63, 3.8) is 0 Å². The second-order valence-electron chi connectivity index (χ2n) is 6.74. The molecule has 8 heteroatoms. The fourth-order valence-electron chi connectivity index (χ4n) is 3.24. The Kier molecular flexibility index (Phi) is 5.04.